The van der Waals surface area contributed by atoms with E-state index in [9.17, 15) is 5.11 Å². The zero-order valence-corrected chi connectivity index (χ0v) is 16.6. The van der Waals surface area contributed by atoms with Crippen molar-refractivity contribution in [3.63, 3.8) is 0 Å². The number of nitrogens with zero attached hydrogens (tertiary/aromatic N) is 2. The van der Waals surface area contributed by atoms with Crippen molar-refractivity contribution in [2.24, 2.45) is 4.99 Å². The Morgan fingerprint density at radius 1 is 1.00 bits per heavy atom. The van der Waals surface area contributed by atoms with Gasteiger partial charge in [0.25, 0.3) is 0 Å². The van der Waals surface area contributed by atoms with Crippen LogP contribution in [0.5, 0.6) is 5.75 Å². The van der Waals surface area contributed by atoms with Gasteiger partial charge in [0.1, 0.15) is 11.6 Å². The third kappa shape index (κ3) is 3.43. The zero-order chi connectivity index (χ0) is 18.1. The molecule has 1 heterocycles. The molecule has 0 radical (unpaired) electrons. The van der Waals surface area contributed by atoms with Crippen molar-refractivity contribution >= 4 is 54.8 Å². The zero-order valence-electron chi connectivity index (χ0n) is 13.4. The number of aromatic amines is 1. The molecule has 0 aliphatic rings. The van der Waals surface area contributed by atoms with Crippen LogP contribution in [0, 0.1) is 0 Å². The number of aromatic hydroxyl groups is 1. The Bertz CT molecular complexity index is 1080. The Labute approximate surface area is 166 Å². The number of hydrogen-bond acceptors (Lipinski definition) is 3. The van der Waals surface area contributed by atoms with Crippen LogP contribution in [0.25, 0.3) is 22.4 Å². The summed E-state index contributed by atoms with van der Waals surface area (Å²) in [5.41, 5.74) is 4.38. The maximum atomic E-state index is 10.1. The van der Waals surface area contributed by atoms with Crippen LogP contribution in [0.3, 0.4) is 0 Å². The molecule has 0 aliphatic heterocycles. The van der Waals surface area contributed by atoms with E-state index in [2.05, 4.69) is 46.8 Å². The summed E-state index contributed by atoms with van der Waals surface area (Å²) < 4.78 is 1.48. The van der Waals surface area contributed by atoms with Crippen LogP contribution in [0.1, 0.15) is 5.56 Å². The molecule has 3 aromatic carbocycles. The van der Waals surface area contributed by atoms with Gasteiger partial charge in [0, 0.05) is 21.8 Å². The predicted octanol–water partition coefficient (Wildman–Crippen LogP) is 6.21. The number of phenols is 1. The van der Waals surface area contributed by atoms with E-state index < -0.39 is 0 Å². The highest BCUT2D eigenvalue weighted by atomic mass is 79.9. The molecule has 0 fully saturated rings. The van der Waals surface area contributed by atoms with Gasteiger partial charge in [-0.25, -0.2) is 4.98 Å². The number of aliphatic imine (C=N–C) groups is 1. The van der Waals surface area contributed by atoms with E-state index in [4.69, 9.17) is 0 Å². The molecular weight excluding hydrogens is 458 g/mol. The average molecular weight is 471 g/mol. The van der Waals surface area contributed by atoms with Crippen LogP contribution >= 0.6 is 31.9 Å². The molecule has 128 valence electrons. The van der Waals surface area contributed by atoms with E-state index in [0.29, 0.717) is 10.0 Å². The molecule has 0 saturated heterocycles. The number of benzene rings is 3. The number of aromatic nitrogens is 2. The van der Waals surface area contributed by atoms with Gasteiger partial charge in [-0.15, -0.1) is 0 Å². The molecule has 0 spiro atoms. The van der Waals surface area contributed by atoms with Crippen molar-refractivity contribution < 1.29 is 5.11 Å². The Morgan fingerprint density at radius 3 is 2.54 bits per heavy atom. The third-order valence-electron chi connectivity index (χ3n) is 3.94. The highest BCUT2D eigenvalue weighted by Crippen LogP contribution is 2.31. The lowest BCUT2D eigenvalue weighted by Gasteiger charge is -2.03. The Balaban J connectivity index is 1.60. The fourth-order valence-electron chi connectivity index (χ4n) is 2.62. The lowest BCUT2D eigenvalue weighted by atomic mass is 10.2. The predicted molar refractivity (Wildman–Crippen MR) is 112 cm³/mol. The number of H-pyrrole nitrogens is 1. The van der Waals surface area contributed by atoms with Gasteiger partial charge in [-0.05, 0) is 64.5 Å². The number of phenolic OH excluding ortho intramolecular Hbond substituents is 1. The number of fused-ring (bicyclic) bond motifs is 1. The normalized spacial score (nSPS) is 11.5. The van der Waals surface area contributed by atoms with Crippen LogP contribution in [0.15, 0.2) is 74.6 Å². The van der Waals surface area contributed by atoms with E-state index >= 15 is 0 Å². The molecule has 2 N–H and O–H groups in total. The van der Waals surface area contributed by atoms with Crippen molar-refractivity contribution in [3.8, 4) is 17.1 Å². The number of rotatable bonds is 3. The molecule has 0 unspecified atom stereocenters. The first-order valence-electron chi connectivity index (χ1n) is 7.87. The maximum Gasteiger partial charge on any atom is 0.138 e. The molecule has 0 atom stereocenters. The molecule has 26 heavy (non-hydrogen) atoms. The van der Waals surface area contributed by atoms with Gasteiger partial charge >= 0.3 is 0 Å². The van der Waals surface area contributed by atoms with Crippen LogP contribution in [0.4, 0.5) is 5.69 Å². The average Bonchev–Trinajstić information content (AvgIpc) is 3.08. The highest BCUT2D eigenvalue weighted by Gasteiger charge is 2.06. The minimum atomic E-state index is 0.163. The van der Waals surface area contributed by atoms with Gasteiger partial charge in [-0.3, -0.25) is 4.99 Å². The van der Waals surface area contributed by atoms with Crippen molar-refractivity contribution in [1.29, 1.82) is 0 Å². The number of para-hydroxylation sites is 2. The van der Waals surface area contributed by atoms with Gasteiger partial charge in [-0.2, -0.15) is 0 Å². The first kappa shape index (κ1) is 17.0. The SMILES string of the molecule is Oc1c(Br)cc(Br)cc1C=Nc1ccc(-c2nc3ccccc3[nH]2)cc1. The van der Waals surface area contributed by atoms with Crippen molar-refractivity contribution in [2.45, 2.75) is 0 Å². The van der Waals surface area contributed by atoms with Crippen molar-refractivity contribution in [1.82, 2.24) is 9.97 Å². The molecule has 0 saturated carbocycles. The number of hydrogen-bond donors (Lipinski definition) is 2. The monoisotopic (exact) mass is 469 g/mol. The van der Waals surface area contributed by atoms with Gasteiger partial charge in [0.15, 0.2) is 0 Å². The first-order chi connectivity index (χ1) is 12.6. The van der Waals surface area contributed by atoms with Gasteiger partial charge in [0.2, 0.25) is 0 Å². The number of halogens is 2. The van der Waals surface area contributed by atoms with E-state index in [0.717, 1.165) is 32.6 Å². The molecule has 0 amide bonds. The number of nitrogens with one attached hydrogen (secondary N) is 1. The highest BCUT2D eigenvalue weighted by molar-refractivity contribution is 9.11. The van der Waals surface area contributed by atoms with E-state index in [1.54, 1.807) is 12.3 Å². The van der Waals surface area contributed by atoms with Crippen LogP contribution < -0.4 is 0 Å². The fraction of sp³-hybridized carbons (Fsp3) is 0. The van der Waals surface area contributed by atoms with Crippen LogP contribution in [-0.2, 0) is 0 Å². The summed E-state index contributed by atoms with van der Waals surface area (Å²) in [6.07, 6.45) is 1.64. The topological polar surface area (TPSA) is 61.3 Å². The summed E-state index contributed by atoms with van der Waals surface area (Å²) in [7, 11) is 0. The first-order valence-corrected chi connectivity index (χ1v) is 9.46. The number of imidazole rings is 1. The summed E-state index contributed by atoms with van der Waals surface area (Å²) in [5, 5.41) is 10.1. The van der Waals surface area contributed by atoms with Crippen molar-refractivity contribution in [2.75, 3.05) is 0 Å². The second-order valence-corrected chi connectivity index (χ2v) is 7.50. The minimum Gasteiger partial charge on any atom is -0.506 e. The van der Waals surface area contributed by atoms with Crippen LogP contribution in [-0.4, -0.2) is 21.3 Å². The molecule has 4 nitrogen and oxygen atoms in total. The Hall–Kier alpha value is -2.44. The van der Waals surface area contributed by atoms with Crippen LogP contribution in [0.2, 0.25) is 0 Å². The lowest BCUT2D eigenvalue weighted by molar-refractivity contribution is 0.471. The largest absolute Gasteiger partial charge is 0.506 e. The second-order valence-electron chi connectivity index (χ2n) is 5.73. The molecule has 4 rings (SSSR count). The summed E-state index contributed by atoms with van der Waals surface area (Å²) in [6, 6.07) is 19.3. The van der Waals surface area contributed by atoms with Gasteiger partial charge in [-0.1, -0.05) is 28.1 Å². The Kier molecular flexibility index (Phi) is 4.61. The Morgan fingerprint density at radius 2 is 1.77 bits per heavy atom. The summed E-state index contributed by atoms with van der Waals surface area (Å²) in [4.78, 5) is 12.4. The van der Waals surface area contributed by atoms with Gasteiger partial charge < -0.3 is 10.1 Å². The summed E-state index contributed by atoms with van der Waals surface area (Å²) >= 11 is 6.73. The minimum absolute atomic E-state index is 0.163. The second kappa shape index (κ2) is 7.05. The maximum absolute atomic E-state index is 10.1. The third-order valence-corrected chi connectivity index (χ3v) is 5.00. The lowest BCUT2D eigenvalue weighted by Crippen LogP contribution is -1.84. The molecule has 0 bridgehead atoms. The molecule has 1 aromatic heterocycles. The van der Waals surface area contributed by atoms with E-state index in [-0.39, 0.29) is 5.75 Å². The van der Waals surface area contributed by atoms with E-state index in [1.807, 2.05) is 54.6 Å². The molecular formula is C20H13Br2N3O. The molecule has 6 heteroatoms. The van der Waals surface area contributed by atoms with Crippen molar-refractivity contribution in [3.05, 3.63) is 75.2 Å². The molecule has 0 aliphatic carbocycles. The summed E-state index contributed by atoms with van der Waals surface area (Å²) in [6.45, 7) is 0. The van der Waals surface area contributed by atoms with Gasteiger partial charge in [0.05, 0.1) is 21.2 Å². The standard InChI is InChI=1S/C20H13Br2N3O/c21-14-9-13(19(26)16(22)10-14)11-23-15-7-5-12(6-8-15)20-24-17-3-1-2-4-18(17)25-20/h1-11,26H,(H,24,25). The smallest absolute Gasteiger partial charge is 0.138 e. The fourth-order valence-corrected chi connectivity index (χ4v) is 3.88. The quantitative estimate of drug-likeness (QED) is 0.349. The van der Waals surface area contributed by atoms with E-state index in [1.165, 1.54) is 0 Å². The summed E-state index contributed by atoms with van der Waals surface area (Å²) in [5.74, 6) is 0.992. The molecule has 4 aromatic rings.